The van der Waals surface area contributed by atoms with Crippen molar-refractivity contribution in [2.75, 3.05) is 5.32 Å². The number of carbonyl (C=O) groups excluding carboxylic acids is 1. The lowest BCUT2D eigenvalue weighted by Crippen LogP contribution is -2.40. The highest BCUT2D eigenvalue weighted by atomic mass is 16.4. The van der Waals surface area contributed by atoms with Gasteiger partial charge in [-0.2, -0.15) is 0 Å². The number of benzene rings is 1. The van der Waals surface area contributed by atoms with E-state index in [1.807, 2.05) is 20.8 Å². The van der Waals surface area contributed by atoms with Crippen molar-refractivity contribution in [2.24, 2.45) is 5.92 Å². The van der Waals surface area contributed by atoms with Gasteiger partial charge in [0.05, 0.1) is 11.3 Å². The molecule has 0 aliphatic carbocycles. The molecule has 0 saturated heterocycles. The molecule has 1 unspecified atom stereocenters. The largest absolute Gasteiger partial charge is 0.506 e. The molecule has 4 N–H and O–H groups in total. The minimum absolute atomic E-state index is 0.0374. The Balaban J connectivity index is 2.73. The number of phenols is 1. The van der Waals surface area contributed by atoms with E-state index in [2.05, 4.69) is 10.6 Å². The molecule has 20 heavy (non-hydrogen) atoms. The minimum atomic E-state index is -1.14. The standard InChI is InChI=1S/C14H20N2O4/c1-4-10(8(2)3)15-14(20)16-11-6-5-9(13(18)19)7-12(11)17/h5-8,10,17H,4H2,1-3H3,(H,18,19)(H2,15,16,20). The maximum atomic E-state index is 11.8. The molecular weight excluding hydrogens is 260 g/mol. The number of aromatic hydroxyl groups is 1. The molecule has 1 aromatic rings. The lowest BCUT2D eigenvalue weighted by Gasteiger charge is -2.21. The van der Waals surface area contributed by atoms with E-state index in [1.54, 1.807) is 0 Å². The zero-order valence-corrected chi connectivity index (χ0v) is 11.8. The van der Waals surface area contributed by atoms with Gasteiger partial charge in [0, 0.05) is 6.04 Å². The fourth-order valence-electron chi connectivity index (χ4n) is 1.84. The highest BCUT2D eigenvalue weighted by Gasteiger charge is 2.15. The molecule has 1 aromatic carbocycles. The second-order valence-corrected chi connectivity index (χ2v) is 4.89. The van der Waals surface area contributed by atoms with E-state index in [1.165, 1.54) is 12.1 Å². The summed E-state index contributed by atoms with van der Waals surface area (Å²) in [6.07, 6.45) is 0.801. The number of carboxylic acids is 1. The minimum Gasteiger partial charge on any atom is -0.506 e. The Labute approximate surface area is 117 Å². The Morgan fingerprint density at radius 1 is 1.30 bits per heavy atom. The summed E-state index contributed by atoms with van der Waals surface area (Å²) in [5, 5.41) is 23.8. The predicted octanol–water partition coefficient (Wildman–Crippen LogP) is 2.65. The number of hydrogen-bond acceptors (Lipinski definition) is 3. The summed E-state index contributed by atoms with van der Waals surface area (Å²) < 4.78 is 0. The van der Waals surface area contributed by atoms with Gasteiger partial charge in [0.25, 0.3) is 0 Å². The van der Waals surface area contributed by atoms with Crippen LogP contribution in [0.5, 0.6) is 5.75 Å². The van der Waals surface area contributed by atoms with Gasteiger partial charge < -0.3 is 20.8 Å². The van der Waals surface area contributed by atoms with Crippen LogP contribution in [0.25, 0.3) is 0 Å². The number of anilines is 1. The number of urea groups is 1. The van der Waals surface area contributed by atoms with E-state index in [0.29, 0.717) is 5.92 Å². The van der Waals surface area contributed by atoms with Gasteiger partial charge in [-0.25, -0.2) is 9.59 Å². The quantitative estimate of drug-likeness (QED) is 0.623. The molecule has 1 rings (SSSR count). The van der Waals surface area contributed by atoms with Crippen LogP contribution in [-0.2, 0) is 0 Å². The van der Waals surface area contributed by atoms with Crippen LogP contribution in [0.2, 0.25) is 0 Å². The first-order valence-electron chi connectivity index (χ1n) is 6.49. The zero-order chi connectivity index (χ0) is 15.3. The van der Waals surface area contributed by atoms with E-state index in [-0.39, 0.29) is 23.0 Å². The van der Waals surface area contributed by atoms with Crippen molar-refractivity contribution in [1.82, 2.24) is 5.32 Å². The molecule has 0 radical (unpaired) electrons. The highest BCUT2D eigenvalue weighted by Crippen LogP contribution is 2.24. The number of carboxylic acid groups (broad SMARTS) is 1. The lowest BCUT2D eigenvalue weighted by atomic mass is 10.0. The van der Waals surface area contributed by atoms with Gasteiger partial charge in [-0.3, -0.25) is 0 Å². The number of phenolic OH excluding ortho intramolecular Hbond substituents is 1. The second-order valence-electron chi connectivity index (χ2n) is 4.89. The van der Waals surface area contributed by atoms with Crippen LogP contribution in [-0.4, -0.2) is 28.3 Å². The fraction of sp³-hybridized carbons (Fsp3) is 0.429. The third kappa shape index (κ3) is 4.15. The van der Waals surface area contributed by atoms with Crippen LogP contribution in [0.3, 0.4) is 0 Å². The van der Waals surface area contributed by atoms with Crippen molar-refractivity contribution in [2.45, 2.75) is 33.2 Å². The molecular formula is C14H20N2O4. The molecule has 0 saturated carbocycles. The Bertz CT molecular complexity index is 500. The molecule has 110 valence electrons. The Kier molecular flexibility index (Phi) is 5.37. The summed E-state index contributed by atoms with van der Waals surface area (Å²) in [7, 11) is 0. The van der Waals surface area contributed by atoms with Gasteiger partial charge in [-0.15, -0.1) is 0 Å². The number of hydrogen-bond donors (Lipinski definition) is 4. The summed E-state index contributed by atoms with van der Waals surface area (Å²) in [5.41, 5.74) is 0.133. The van der Waals surface area contributed by atoms with Crippen LogP contribution in [0.4, 0.5) is 10.5 Å². The highest BCUT2D eigenvalue weighted by molar-refractivity contribution is 5.93. The Hall–Kier alpha value is -2.24. The molecule has 6 heteroatoms. The van der Waals surface area contributed by atoms with Gasteiger partial charge in [-0.05, 0) is 30.5 Å². The number of rotatable bonds is 5. The van der Waals surface area contributed by atoms with E-state index in [0.717, 1.165) is 12.5 Å². The van der Waals surface area contributed by atoms with Crippen LogP contribution in [0.15, 0.2) is 18.2 Å². The van der Waals surface area contributed by atoms with Crippen LogP contribution < -0.4 is 10.6 Å². The van der Waals surface area contributed by atoms with Crippen LogP contribution in [0, 0.1) is 5.92 Å². The SMILES string of the molecule is CCC(NC(=O)Nc1ccc(C(=O)O)cc1O)C(C)C. The van der Waals surface area contributed by atoms with E-state index in [9.17, 15) is 14.7 Å². The van der Waals surface area contributed by atoms with Crippen molar-refractivity contribution in [3.63, 3.8) is 0 Å². The average molecular weight is 280 g/mol. The maximum Gasteiger partial charge on any atom is 0.335 e. The third-order valence-electron chi connectivity index (χ3n) is 3.05. The Morgan fingerprint density at radius 3 is 2.40 bits per heavy atom. The van der Waals surface area contributed by atoms with Gasteiger partial charge in [0.1, 0.15) is 5.75 Å². The maximum absolute atomic E-state index is 11.8. The van der Waals surface area contributed by atoms with Crippen LogP contribution >= 0.6 is 0 Å². The molecule has 0 bridgehead atoms. The third-order valence-corrected chi connectivity index (χ3v) is 3.05. The van der Waals surface area contributed by atoms with Gasteiger partial charge >= 0.3 is 12.0 Å². The monoisotopic (exact) mass is 280 g/mol. The molecule has 0 aromatic heterocycles. The fourth-order valence-corrected chi connectivity index (χ4v) is 1.84. The summed E-state index contributed by atoms with van der Waals surface area (Å²) in [4.78, 5) is 22.5. The van der Waals surface area contributed by atoms with Crippen molar-refractivity contribution in [3.8, 4) is 5.75 Å². The van der Waals surface area contributed by atoms with E-state index in [4.69, 9.17) is 5.11 Å². The number of nitrogens with one attached hydrogen (secondary N) is 2. The predicted molar refractivity (Wildman–Crippen MR) is 76.1 cm³/mol. The van der Waals surface area contributed by atoms with Crippen molar-refractivity contribution in [3.05, 3.63) is 23.8 Å². The Morgan fingerprint density at radius 2 is 1.95 bits per heavy atom. The number of carbonyl (C=O) groups is 2. The van der Waals surface area contributed by atoms with Gasteiger partial charge in [0.2, 0.25) is 0 Å². The lowest BCUT2D eigenvalue weighted by molar-refractivity contribution is 0.0696. The summed E-state index contributed by atoms with van der Waals surface area (Å²) in [6.45, 7) is 5.99. The zero-order valence-electron chi connectivity index (χ0n) is 11.8. The first-order chi connectivity index (χ1) is 9.35. The normalized spacial score (nSPS) is 12.0. The summed E-state index contributed by atoms with van der Waals surface area (Å²) in [5.74, 6) is -1.12. The van der Waals surface area contributed by atoms with Crippen molar-refractivity contribution in [1.29, 1.82) is 0 Å². The van der Waals surface area contributed by atoms with Crippen molar-refractivity contribution < 1.29 is 19.8 Å². The molecule has 0 fully saturated rings. The average Bonchev–Trinajstić information content (AvgIpc) is 2.37. The second kappa shape index (κ2) is 6.79. The summed E-state index contributed by atoms with van der Waals surface area (Å²) >= 11 is 0. The van der Waals surface area contributed by atoms with Gasteiger partial charge in [0.15, 0.2) is 0 Å². The van der Waals surface area contributed by atoms with Crippen molar-refractivity contribution >= 4 is 17.7 Å². The molecule has 6 nitrogen and oxygen atoms in total. The van der Waals surface area contributed by atoms with E-state index >= 15 is 0 Å². The van der Waals surface area contributed by atoms with Crippen LogP contribution in [0.1, 0.15) is 37.6 Å². The van der Waals surface area contributed by atoms with E-state index < -0.39 is 12.0 Å². The molecule has 0 aliphatic heterocycles. The molecule has 1 atom stereocenters. The molecule has 0 heterocycles. The summed E-state index contributed by atoms with van der Waals surface area (Å²) in [6, 6.07) is 3.38. The molecule has 2 amide bonds. The smallest absolute Gasteiger partial charge is 0.335 e. The molecule has 0 aliphatic rings. The number of aromatic carboxylic acids is 1. The topological polar surface area (TPSA) is 98.7 Å². The first kappa shape index (κ1) is 15.8. The molecule has 0 spiro atoms. The van der Waals surface area contributed by atoms with Gasteiger partial charge in [-0.1, -0.05) is 20.8 Å². The number of amides is 2. The first-order valence-corrected chi connectivity index (χ1v) is 6.49.